The van der Waals surface area contributed by atoms with E-state index in [0.29, 0.717) is 5.56 Å². The molecule has 0 radical (unpaired) electrons. The molecule has 0 bridgehead atoms. The van der Waals surface area contributed by atoms with Crippen LogP contribution in [0.3, 0.4) is 0 Å². The molecule has 0 saturated carbocycles. The SMILES string of the molecule is Bc1cc(C(=O)OC)ccn1. The van der Waals surface area contributed by atoms with Gasteiger partial charge < -0.3 is 4.74 Å². The number of carbonyl (C=O) groups is 1. The van der Waals surface area contributed by atoms with E-state index in [1.54, 1.807) is 18.3 Å². The summed E-state index contributed by atoms with van der Waals surface area (Å²) in [6, 6.07) is 3.31. The average Bonchev–Trinajstić information content (AvgIpc) is 2.03. The van der Waals surface area contributed by atoms with Gasteiger partial charge in [-0.25, -0.2) is 4.79 Å². The highest BCUT2D eigenvalue weighted by Gasteiger charge is 2.03. The minimum atomic E-state index is -0.324. The predicted octanol–water partition coefficient (Wildman–Crippen LogP) is -0.873. The summed E-state index contributed by atoms with van der Waals surface area (Å²) in [7, 11) is 3.19. The van der Waals surface area contributed by atoms with Crippen molar-refractivity contribution in [2.24, 2.45) is 0 Å². The zero-order chi connectivity index (χ0) is 8.27. The van der Waals surface area contributed by atoms with Gasteiger partial charge in [0.1, 0.15) is 0 Å². The Morgan fingerprint density at radius 3 is 3.00 bits per heavy atom. The molecule has 1 heterocycles. The van der Waals surface area contributed by atoms with Crippen molar-refractivity contribution in [1.82, 2.24) is 4.98 Å². The van der Waals surface area contributed by atoms with Crippen LogP contribution in [-0.2, 0) is 4.74 Å². The summed E-state index contributed by atoms with van der Waals surface area (Å²) in [5.74, 6) is -0.324. The third kappa shape index (κ3) is 1.80. The number of rotatable bonds is 1. The number of nitrogens with zero attached hydrogens (tertiary/aromatic N) is 1. The topological polar surface area (TPSA) is 39.2 Å². The van der Waals surface area contributed by atoms with Crippen molar-refractivity contribution >= 4 is 19.4 Å². The molecule has 0 atom stereocenters. The lowest BCUT2D eigenvalue weighted by Crippen LogP contribution is -2.11. The Kier molecular flexibility index (Phi) is 2.26. The first-order chi connectivity index (χ1) is 5.24. The van der Waals surface area contributed by atoms with Crippen molar-refractivity contribution in [2.75, 3.05) is 7.11 Å². The second-order valence-corrected chi connectivity index (χ2v) is 2.18. The van der Waals surface area contributed by atoms with Gasteiger partial charge in [-0.15, -0.1) is 0 Å². The second kappa shape index (κ2) is 3.19. The maximum Gasteiger partial charge on any atom is 0.337 e. The smallest absolute Gasteiger partial charge is 0.337 e. The Morgan fingerprint density at radius 2 is 2.45 bits per heavy atom. The molecule has 1 rings (SSSR count). The molecule has 56 valence electrons. The summed E-state index contributed by atoms with van der Waals surface area (Å²) >= 11 is 0. The third-order valence-electron chi connectivity index (χ3n) is 1.32. The molecule has 0 fully saturated rings. The molecule has 0 N–H and O–H groups in total. The maximum absolute atomic E-state index is 10.9. The molecular formula is C7H8BNO2. The van der Waals surface area contributed by atoms with Crippen molar-refractivity contribution in [3.63, 3.8) is 0 Å². The Hall–Kier alpha value is -1.32. The van der Waals surface area contributed by atoms with Crippen LogP contribution in [0.4, 0.5) is 0 Å². The molecule has 4 heteroatoms. The van der Waals surface area contributed by atoms with Crippen LogP contribution in [0, 0.1) is 0 Å². The van der Waals surface area contributed by atoms with Crippen LogP contribution < -0.4 is 5.59 Å². The lowest BCUT2D eigenvalue weighted by atomic mass is 10.0. The molecular weight excluding hydrogens is 141 g/mol. The summed E-state index contributed by atoms with van der Waals surface area (Å²) in [5, 5.41) is 0. The van der Waals surface area contributed by atoms with Crippen molar-refractivity contribution in [3.05, 3.63) is 23.9 Å². The van der Waals surface area contributed by atoms with E-state index >= 15 is 0 Å². The van der Waals surface area contributed by atoms with E-state index in [9.17, 15) is 4.79 Å². The summed E-state index contributed by atoms with van der Waals surface area (Å²) in [6.07, 6.45) is 1.58. The first kappa shape index (κ1) is 7.79. The second-order valence-electron chi connectivity index (χ2n) is 2.18. The van der Waals surface area contributed by atoms with Crippen molar-refractivity contribution < 1.29 is 9.53 Å². The van der Waals surface area contributed by atoms with Gasteiger partial charge in [-0.2, -0.15) is 0 Å². The number of ether oxygens (including phenoxy) is 1. The first-order valence-corrected chi connectivity index (χ1v) is 3.25. The fourth-order valence-electron chi connectivity index (χ4n) is 0.790. The first-order valence-electron chi connectivity index (χ1n) is 3.25. The van der Waals surface area contributed by atoms with Gasteiger partial charge in [-0.05, 0) is 17.7 Å². The molecule has 1 aromatic heterocycles. The van der Waals surface area contributed by atoms with Crippen LogP contribution in [0.5, 0.6) is 0 Å². The fourth-order valence-corrected chi connectivity index (χ4v) is 0.790. The maximum atomic E-state index is 10.9. The molecule has 0 aliphatic heterocycles. The minimum Gasteiger partial charge on any atom is -0.465 e. The molecule has 0 unspecified atom stereocenters. The van der Waals surface area contributed by atoms with E-state index in [-0.39, 0.29) is 5.97 Å². The lowest BCUT2D eigenvalue weighted by molar-refractivity contribution is 0.0600. The Labute approximate surface area is 65.8 Å². The van der Waals surface area contributed by atoms with Crippen molar-refractivity contribution in [2.45, 2.75) is 0 Å². The Bertz CT molecular complexity index is 275. The molecule has 0 aliphatic carbocycles. The molecule has 0 aliphatic rings. The molecule has 0 amide bonds. The quantitative estimate of drug-likeness (QED) is 0.384. The molecule has 0 saturated heterocycles. The number of aromatic nitrogens is 1. The van der Waals surface area contributed by atoms with Crippen LogP contribution in [0.25, 0.3) is 0 Å². The minimum absolute atomic E-state index is 0.324. The van der Waals surface area contributed by atoms with Gasteiger partial charge in [0.2, 0.25) is 0 Å². The zero-order valence-electron chi connectivity index (χ0n) is 6.50. The fraction of sp³-hybridized carbons (Fsp3) is 0.143. The molecule has 0 aromatic carbocycles. The van der Waals surface area contributed by atoms with Gasteiger partial charge in [-0.3, -0.25) is 4.98 Å². The lowest BCUT2D eigenvalue weighted by Gasteiger charge is -1.98. The van der Waals surface area contributed by atoms with E-state index < -0.39 is 0 Å². The van der Waals surface area contributed by atoms with Gasteiger partial charge in [0, 0.05) is 6.20 Å². The standard InChI is InChI=1S/C7H8BNO2/c1-11-7(10)5-2-3-9-6(8)4-5/h2-4H,8H2,1H3. The van der Waals surface area contributed by atoms with Gasteiger partial charge in [0.15, 0.2) is 7.85 Å². The number of hydrogen-bond donors (Lipinski definition) is 0. The predicted molar refractivity (Wildman–Crippen MR) is 43.8 cm³/mol. The monoisotopic (exact) mass is 149 g/mol. The number of methoxy groups -OCH3 is 1. The summed E-state index contributed by atoms with van der Waals surface area (Å²) < 4.78 is 4.52. The van der Waals surface area contributed by atoms with Crippen LogP contribution in [-0.4, -0.2) is 25.9 Å². The van der Waals surface area contributed by atoms with Crippen LogP contribution in [0.1, 0.15) is 10.4 Å². The van der Waals surface area contributed by atoms with E-state index in [4.69, 9.17) is 0 Å². The Morgan fingerprint density at radius 1 is 1.73 bits per heavy atom. The number of carbonyl (C=O) groups excluding carboxylic acids is 1. The van der Waals surface area contributed by atoms with Crippen LogP contribution in [0.15, 0.2) is 18.3 Å². The van der Waals surface area contributed by atoms with Gasteiger partial charge in [-0.1, -0.05) is 0 Å². The summed E-state index contributed by atoms with van der Waals surface area (Å²) in [4.78, 5) is 14.9. The van der Waals surface area contributed by atoms with Crippen molar-refractivity contribution in [1.29, 1.82) is 0 Å². The van der Waals surface area contributed by atoms with E-state index in [1.165, 1.54) is 7.11 Å². The highest BCUT2D eigenvalue weighted by Crippen LogP contribution is 1.95. The van der Waals surface area contributed by atoms with Crippen LogP contribution in [0.2, 0.25) is 0 Å². The van der Waals surface area contributed by atoms with E-state index in [2.05, 4.69) is 9.72 Å². The molecule has 3 nitrogen and oxygen atoms in total. The number of pyridine rings is 1. The van der Waals surface area contributed by atoms with E-state index in [0.717, 1.165) is 5.59 Å². The molecule has 1 aromatic rings. The van der Waals surface area contributed by atoms with Gasteiger partial charge >= 0.3 is 5.97 Å². The van der Waals surface area contributed by atoms with Crippen LogP contribution >= 0.6 is 0 Å². The number of esters is 1. The highest BCUT2D eigenvalue weighted by atomic mass is 16.5. The van der Waals surface area contributed by atoms with Gasteiger partial charge in [0.05, 0.1) is 12.7 Å². The normalized spacial score (nSPS) is 9.18. The van der Waals surface area contributed by atoms with Gasteiger partial charge in [0.25, 0.3) is 0 Å². The van der Waals surface area contributed by atoms with E-state index in [1.807, 2.05) is 7.85 Å². The molecule has 0 spiro atoms. The summed E-state index contributed by atoms with van der Waals surface area (Å²) in [5.41, 5.74) is 1.35. The zero-order valence-corrected chi connectivity index (χ0v) is 6.50. The number of hydrogen-bond acceptors (Lipinski definition) is 3. The molecule has 11 heavy (non-hydrogen) atoms. The van der Waals surface area contributed by atoms with Crippen molar-refractivity contribution in [3.8, 4) is 0 Å². The summed E-state index contributed by atoms with van der Waals surface area (Å²) in [6.45, 7) is 0. The average molecular weight is 149 g/mol. The largest absolute Gasteiger partial charge is 0.465 e. The third-order valence-corrected chi connectivity index (χ3v) is 1.32. The Balaban J connectivity index is 2.96. The highest BCUT2D eigenvalue weighted by molar-refractivity contribution is 6.30.